The van der Waals surface area contributed by atoms with Gasteiger partial charge in [-0.3, -0.25) is 0 Å². The molecular weight excluding hydrogens is 143 g/mol. The van der Waals surface area contributed by atoms with Crippen LogP contribution in [0, 0.1) is 0 Å². The van der Waals surface area contributed by atoms with E-state index < -0.39 is 0 Å². The van der Waals surface area contributed by atoms with Gasteiger partial charge in [0, 0.05) is 11.4 Å². The molecule has 0 saturated heterocycles. The van der Waals surface area contributed by atoms with E-state index in [1.165, 1.54) is 5.57 Å². The first-order chi connectivity index (χ1) is 3.81. The lowest BCUT2D eigenvalue weighted by molar-refractivity contribution is 0.914. The molecule has 0 aliphatic heterocycles. The molecule has 0 aliphatic rings. The maximum Gasteiger partial charge on any atom is 0.0226 e. The zero-order chi connectivity index (χ0) is 6.41. The van der Waals surface area contributed by atoms with Crippen molar-refractivity contribution in [3.63, 3.8) is 0 Å². The van der Waals surface area contributed by atoms with Crippen molar-refractivity contribution in [1.82, 2.24) is 0 Å². The van der Waals surface area contributed by atoms with Gasteiger partial charge in [-0.25, -0.2) is 0 Å². The molecular formula is C6H10Cl2. The standard InChI is InChI=1S/C6H10Cl2/c1-6(5-8)3-2-4-7/h5H,2-4H2,1H3/b6-5+. The third-order valence-electron chi connectivity index (χ3n) is 0.891. The number of halogens is 2. The second kappa shape index (κ2) is 5.46. The van der Waals surface area contributed by atoms with Crippen molar-refractivity contribution in [3.8, 4) is 0 Å². The zero-order valence-electron chi connectivity index (χ0n) is 4.95. The van der Waals surface area contributed by atoms with E-state index in [4.69, 9.17) is 23.2 Å². The predicted molar refractivity (Wildman–Crippen MR) is 39.6 cm³/mol. The molecule has 0 N–H and O–H groups in total. The predicted octanol–water partition coefficient (Wildman–Crippen LogP) is 3.15. The molecule has 0 radical (unpaired) electrons. The fourth-order valence-corrected chi connectivity index (χ4v) is 0.643. The van der Waals surface area contributed by atoms with E-state index in [0.29, 0.717) is 0 Å². The van der Waals surface area contributed by atoms with Crippen molar-refractivity contribution >= 4 is 23.2 Å². The van der Waals surface area contributed by atoms with Gasteiger partial charge in [-0.05, 0) is 19.8 Å². The Hall–Kier alpha value is 0.320. The molecule has 0 nitrogen and oxygen atoms in total. The molecule has 0 saturated carbocycles. The Morgan fingerprint density at radius 3 is 2.62 bits per heavy atom. The van der Waals surface area contributed by atoms with Gasteiger partial charge in [-0.1, -0.05) is 17.2 Å². The second-order valence-corrected chi connectivity index (χ2v) is 2.34. The van der Waals surface area contributed by atoms with Crippen LogP contribution in [0.3, 0.4) is 0 Å². The summed E-state index contributed by atoms with van der Waals surface area (Å²) in [6, 6.07) is 0. The number of alkyl halides is 1. The largest absolute Gasteiger partial charge is 0.127 e. The monoisotopic (exact) mass is 152 g/mol. The number of rotatable bonds is 3. The van der Waals surface area contributed by atoms with Crippen molar-refractivity contribution in [2.45, 2.75) is 19.8 Å². The maximum atomic E-state index is 5.43. The van der Waals surface area contributed by atoms with E-state index in [1.54, 1.807) is 5.54 Å². The van der Waals surface area contributed by atoms with Crippen LogP contribution in [0.15, 0.2) is 11.1 Å². The van der Waals surface area contributed by atoms with Crippen LogP contribution in [-0.2, 0) is 0 Å². The number of allylic oxidation sites excluding steroid dienone is 1. The summed E-state index contributed by atoms with van der Waals surface area (Å²) in [5.74, 6) is 0.724. The third-order valence-corrected chi connectivity index (χ3v) is 1.53. The van der Waals surface area contributed by atoms with Gasteiger partial charge >= 0.3 is 0 Å². The summed E-state index contributed by atoms with van der Waals surface area (Å²) in [7, 11) is 0. The van der Waals surface area contributed by atoms with E-state index in [1.807, 2.05) is 6.92 Å². The SMILES string of the molecule is C/C(=C\Cl)CCCCl. The number of hydrogen-bond acceptors (Lipinski definition) is 0. The summed E-state index contributed by atoms with van der Waals surface area (Å²) < 4.78 is 0. The Kier molecular flexibility index (Phi) is 5.67. The van der Waals surface area contributed by atoms with Gasteiger partial charge in [0.05, 0.1) is 0 Å². The topological polar surface area (TPSA) is 0 Å². The molecule has 0 atom stereocenters. The molecule has 0 heterocycles. The summed E-state index contributed by atoms with van der Waals surface area (Å²) in [6.07, 6.45) is 2.05. The highest BCUT2D eigenvalue weighted by Gasteiger charge is 1.85. The lowest BCUT2D eigenvalue weighted by Gasteiger charge is -1.92. The summed E-state index contributed by atoms with van der Waals surface area (Å²) in [5, 5.41) is 0. The first kappa shape index (κ1) is 8.32. The normalized spacial score (nSPS) is 12.1. The van der Waals surface area contributed by atoms with E-state index >= 15 is 0 Å². The van der Waals surface area contributed by atoms with Gasteiger partial charge < -0.3 is 0 Å². The second-order valence-electron chi connectivity index (χ2n) is 1.75. The molecule has 2 heteroatoms. The zero-order valence-corrected chi connectivity index (χ0v) is 6.47. The minimum atomic E-state index is 0.724. The maximum absolute atomic E-state index is 5.43. The Bertz CT molecular complexity index is 76.6. The summed E-state index contributed by atoms with van der Waals surface area (Å²) in [4.78, 5) is 0. The lowest BCUT2D eigenvalue weighted by Crippen LogP contribution is -1.76. The first-order valence-corrected chi connectivity index (χ1v) is 3.60. The highest BCUT2D eigenvalue weighted by molar-refractivity contribution is 6.25. The van der Waals surface area contributed by atoms with Crippen LogP contribution < -0.4 is 0 Å². The van der Waals surface area contributed by atoms with E-state index in [2.05, 4.69) is 0 Å². The molecule has 0 aliphatic carbocycles. The Labute approximate surface area is 60.5 Å². The molecule has 8 heavy (non-hydrogen) atoms. The third kappa shape index (κ3) is 4.48. The van der Waals surface area contributed by atoms with E-state index in [0.717, 1.165) is 18.7 Å². The van der Waals surface area contributed by atoms with Crippen LogP contribution in [0.25, 0.3) is 0 Å². The van der Waals surface area contributed by atoms with Gasteiger partial charge in [-0.15, -0.1) is 11.6 Å². The molecule has 0 rings (SSSR count). The van der Waals surface area contributed by atoms with Crippen LogP contribution in [-0.4, -0.2) is 5.88 Å². The summed E-state index contributed by atoms with van der Waals surface area (Å²) in [6.45, 7) is 2.00. The molecule has 0 unspecified atom stereocenters. The highest BCUT2D eigenvalue weighted by atomic mass is 35.5. The highest BCUT2D eigenvalue weighted by Crippen LogP contribution is 2.04. The first-order valence-electron chi connectivity index (χ1n) is 2.63. The summed E-state index contributed by atoms with van der Waals surface area (Å²) in [5.41, 5.74) is 2.80. The van der Waals surface area contributed by atoms with Gasteiger partial charge in [-0.2, -0.15) is 0 Å². The summed E-state index contributed by atoms with van der Waals surface area (Å²) >= 11 is 10.8. The van der Waals surface area contributed by atoms with Gasteiger partial charge in [0.25, 0.3) is 0 Å². The van der Waals surface area contributed by atoms with Crippen molar-refractivity contribution in [1.29, 1.82) is 0 Å². The van der Waals surface area contributed by atoms with Crippen LogP contribution in [0.2, 0.25) is 0 Å². The van der Waals surface area contributed by atoms with Gasteiger partial charge in [0.15, 0.2) is 0 Å². The minimum Gasteiger partial charge on any atom is -0.127 e. The molecule has 0 bridgehead atoms. The molecule has 0 aromatic rings. The van der Waals surface area contributed by atoms with Crippen LogP contribution in [0.1, 0.15) is 19.8 Å². The van der Waals surface area contributed by atoms with Crippen molar-refractivity contribution in [3.05, 3.63) is 11.1 Å². The van der Waals surface area contributed by atoms with Gasteiger partial charge in [0.1, 0.15) is 0 Å². The quantitative estimate of drug-likeness (QED) is 0.546. The van der Waals surface area contributed by atoms with Gasteiger partial charge in [0.2, 0.25) is 0 Å². The molecule has 0 aromatic carbocycles. The van der Waals surface area contributed by atoms with Crippen LogP contribution in [0.4, 0.5) is 0 Å². The Morgan fingerprint density at radius 2 is 2.25 bits per heavy atom. The minimum absolute atomic E-state index is 0.724. The lowest BCUT2D eigenvalue weighted by atomic mass is 10.2. The van der Waals surface area contributed by atoms with Crippen molar-refractivity contribution in [2.75, 3.05) is 5.88 Å². The number of hydrogen-bond donors (Lipinski definition) is 0. The van der Waals surface area contributed by atoms with Crippen LogP contribution in [0.5, 0.6) is 0 Å². The molecule has 0 fully saturated rings. The fourth-order valence-electron chi connectivity index (χ4n) is 0.400. The molecule has 0 spiro atoms. The fraction of sp³-hybridized carbons (Fsp3) is 0.667. The van der Waals surface area contributed by atoms with Crippen molar-refractivity contribution in [2.24, 2.45) is 0 Å². The van der Waals surface area contributed by atoms with E-state index in [-0.39, 0.29) is 0 Å². The Balaban J connectivity index is 3.12. The Morgan fingerprint density at radius 1 is 1.62 bits per heavy atom. The molecule has 48 valence electrons. The molecule has 0 amide bonds. The van der Waals surface area contributed by atoms with E-state index in [9.17, 15) is 0 Å². The smallest absolute Gasteiger partial charge is 0.0226 e. The average molecular weight is 153 g/mol. The average Bonchev–Trinajstić information content (AvgIpc) is 1.83. The van der Waals surface area contributed by atoms with Crippen molar-refractivity contribution < 1.29 is 0 Å². The van der Waals surface area contributed by atoms with Crippen LogP contribution >= 0.6 is 23.2 Å². The molecule has 0 aromatic heterocycles.